The second-order valence-corrected chi connectivity index (χ2v) is 6.67. The van der Waals surface area contributed by atoms with Crippen LogP contribution in [0.3, 0.4) is 0 Å². The van der Waals surface area contributed by atoms with Crippen LogP contribution >= 0.6 is 0 Å². The molecule has 0 fully saturated rings. The average Bonchev–Trinajstić information content (AvgIpc) is 3.08. The molecule has 0 atom stereocenters. The van der Waals surface area contributed by atoms with Crippen molar-refractivity contribution in [1.82, 2.24) is 9.97 Å². The molecule has 2 aromatic heterocycles. The standard InChI is InChI=1S/C22H20N2O2/c1-14(2)17-10-9-15(3)11-20(17)26-22-18-12-19(16-7-5-4-6-8-16)25-21(18)23-13-24-22/h4-14H,1-3H3. The molecule has 0 radical (unpaired) electrons. The van der Waals surface area contributed by atoms with Crippen molar-refractivity contribution < 1.29 is 9.15 Å². The highest BCUT2D eigenvalue weighted by Gasteiger charge is 2.16. The van der Waals surface area contributed by atoms with E-state index in [-0.39, 0.29) is 0 Å². The number of aromatic nitrogens is 2. The maximum absolute atomic E-state index is 6.20. The number of hydrogen-bond acceptors (Lipinski definition) is 4. The van der Waals surface area contributed by atoms with E-state index < -0.39 is 0 Å². The fraction of sp³-hybridized carbons (Fsp3) is 0.182. The highest BCUT2D eigenvalue weighted by molar-refractivity contribution is 5.84. The lowest BCUT2D eigenvalue weighted by Gasteiger charge is -2.14. The Morgan fingerprint density at radius 3 is 2.54 bits per heavy atom. The molecule has 4 nitrogen and oxygen atoms in total. The van der Waals surface area contributed by atoms with Gasteiger partial charge < -0.3 is 9.15 Å². The molecule has 2 heterocycles. The number of fused-ring (bicyclic) bond motifs is 1. The first-order chi connectivity index (χ1) is 12.6. The number of hydrogen-bond donors (Lipinski definition) is 0. The summed E-state index contributed by atoms with van der Waals surface area (Å²) in [7, 11) is 0. The molecule has 0 spiro atoms. The summed E-state index contributed by atoms with van der Waals surface area (Å²) in [6.45, 7) is 6.36. The number of nitrogens with zero attached hydrogens (tertiary/aromatic N) is 2. The molecule has 130 valence electrons. The van der Waals surface area contributed by atoms with Crippen LogP contribution in [0.2, 0.25) is 0 Å². The lowest BCUT2D eigenvalue weighted by molar-refractivity contribution is 0.458. The van der Waals surface area contributed by atoms with Crippen molar-refractivity contribution in [3.8, 4) is 23.0 Å². The SMILES string of the molecule is Cc1ccc(C(C)C)c(Oc2ncnc3oc(-c4ccccc4)cc23)c1. The van der Waals surface area contributed by atoms with Gasteiger partial charge >= 0.3 is 0 Å². The van der Waals surface area contributed by atoms with Gasteiger partial charge in [-0.25, -0.2) is 9.97 Å². The minimum absolute atomic E-state index is 0.354. The molecule has 0 amide bonds. The predicted octanol–water partition coefficient (Wildman–Crippen LogP) is 6.11. The van der Waals surface area contributed by atoms with Crippen LogP contribution in [0.1, 0.15) is 30.9 Å². The van der Waals surface area contributed by atoms with E-state index in [4.69, 9.17) is 9.15 Å². The van der Waals surface area contributed by atoms with Crippen LogP contribution < -0.4 is 4.74 Å². The van der Waals surface area contributed by atoms with Gasteiger partial charge in [0, 0.05) is 5.56 Å². The smallest absolute Gasteiger partial charge is 0.233 e. The van der Waals surface area contributed by atoms with E-state index in [9.17, 15) is 0 Å². The molecule has 0 aliphatic carbocycles. The second-order valence-electron chi connectivity index (χ2n) is 6.67. The van der Waals surface area contributed by atoms with Crippen molar-refractivity contribution >= 4 is 11.1 Å². The highest BCUT2D eigenvalue weighted by Crippen LogP contribution is 2.36. The first-order valence-corrected chi connectivity index (χ1v) is 8.70. The molecule has 0 saturated carbocycles. The van der Waals surface area contributed by atoms with Crippen molar-refractivity contribution in [2.45, 2.75) is 26.7 Å². The zero-order valence-corrected chi connectivity index (χ0v) is 15.1. The van der Waals surface area contributed by atoms with Gasteiger partial charge in [0.1, 0.15) is 23.2 Å². The Kier molecular flexibility index (Phi) is 4.17. The summed E-state index contributed by atoms with van der Waals surface area (Å²) in [5.41, 5.74) is 3.81. The van der Waals surface area contributed by atoms with E-state index in [0.717, 1.165) is 33.6 Å². The maximum Gasteiger partial charge on any atom is 0.233 e. The number of aryl methyl sites for hydroxylation is 1. The summed E-state index contributed by atoms with van der Waals surface area (Å²) < 4.78 is 12.1. The van der Waals surface area contributed by atoms with Crippen molar-refractivity contribution in [3.63, 3.8) is 0 Å². The van der Waals surface area contributed by atoms with Crippen molar-refractivity contribution in [2.24, 2.45) is 0 Å². The summed E-state index contributed by atoms with van der Waals surface area (Å²) in [4.78, 5) is 8.59. The summed E-state index contributed by atoms with van der Waals surface area (Å²) in [5, 5.41) is 0.766. The van der Waals surface area contributed by atoms with Crippen molar-refractivity contribution in [3.05, 3.63) is 72.1 Å². The Morgan fingerprint density at radius 1 is 0.962 bits per heavy atom. The Bertz CT molecular complexity index is 1050. The second kappa shape index (κ2) is 6.64. The van der Waals surface area contributed by atoms with Crippen LogP contribution in [0.4, 0.5) is 0 Å². The van der Waals surface area contributed by atoms with Crippen molar-refractivity contribution in [2.75, 3.05) is 0 Å². The minimum atomic E-state index is 0.354. The van der Waals surface area contributed by atoms with E-state index in [1.807, 2.05) is 42.5 Å². The summed E-state index contributed by atoms with van der Waals surface area (Å²) >= 11 is 0. The largest absolute Gasteiger partial charge is 0.438 e. The van der Waals surface area contributed by atoms with Gasteiger partial charge in [0.25, 0.3) is 0 Å². The molecule has 0 aliphatic rings. The molecule has 4 aromatic rings. The van der Waals surface area contributed by atoms with E-state index in [2.05, 4.69) is 42.9 Å². The van der Waals surface area contributed by atoms with Crippen LogP contribution in [-0.2, 0) is 0 Å². The van der Waals surface area contributed by atoms with E-state index >= 15 is 0 Å². The molecule has 0 N–H and O–H groups in total. The Labute approximate surface area is 152 Å². The number of ether oxygens (including phenoxy) is 1. The molecule has 0 aliphatic heterocycles. The summed E-state index contributed by atoms with van der Waals surface area (Å²) in [6, 6.07) is 18.1. The normalized spacial score (nSPS) is 11.2. The molecule has 0 unspecified atom stereocenters. The van der Waals surface area contributed by atoms with Gasteiger partial charge in [-0.15, -0.1) is 0 Å². The third-order valence-corrected chi connectivity index (χ3v) is 4.35. The number of furan rings is 1. The van der Waals surface area contributed by atoms with Gasteiger partial charge in [0.15, 0.2) is 0 Å². The summed E-state index contributed by atoms with van der Waals surface area (Å²) in [5.74, 6) is 2.43. The number of rotatable bonds is 4. The molecule has 4 heteroatoms. The van der Waals surface area contributed by atoms with E-state index in [0.29, 0.717) is 17.5 Å². The van der Waals surface area contributed by atoms with Gasteiger partial charge in [-0.05, 0) is 36.1 Å². The maximum atomic E-state index is 6.20. The fourth-order valence-corrected chi connectivity index (χ4v) is 2.97. The zero-order chi connectivity index (χ0) is 18.1. The highest BCUT2D eigenvalue weighted by atomic mass is 16.5. The molecule has 0 bridgehead atoms. The quantitative estimate of drug-likeness (QED) is 0.448. The number of benzene rings is 2. The van der Waals surface area contributed by atoms with E-state index in [1.54, 1.807) is 0 Å². The lowest BCUT2D eigenvalue weighted by Crippen LogP contribution is -1.96. The molecular formula is C22H20N2O2. The van der Waals surface area contributed by atoms with Gasteiger partial charge in [-0.1, -0.05) is 56.3 Å². The molecule has 0 saturated heterocycles. The fourth-order valence-electron chi connectivity index (χ4n) is 2.97. The Morgan fingerprint density at radius 2 is 1.77 bits per heavy atom. The van der Waals surface area contributed by atoms with Gasteiger partial charge in [0.05, 0.1) is 0 Å². The van der Waals surface area contributed by atoms with Crippen LogP contribution in [-0.4, -0.2) is 9.97 Å². The Balaban J connectivity index is 1.79. The lowest BCUT2D eigenvalue weighted by atomic mass is 10.0. The monoisotopic (exact) mass is 344 g/mol. The van der Waals surface area contributed by atoms with Crippen LogP contribution in [0, 0.1) is 6.92 Å². The third-order valence-electron chi connectivity index (χ3n) is 4.35. The summed E-state index contributed by atoms with van der Waals surface area (Å²) in [6.07, 6.45) is 1.47. The van der Waals surface area contributed by atoms with Gasteiger partial charge in [-0.2, -0.15) is 0 Å². The molecule has 26 heavy (non-hydrogen) atoms. The van der Waals surface area contributed by atoms with Gasteiger partial charge in [0.2, 0.25) is 11.6 Å². The minimum Gasteiger partial charge on any atom is -0.438 e. The van der Waals surface area contributed by atoms with Gasteiger partial charge in [-0.3, -0.25) is 0 Å². The van der Waals surface area contributed by atoms with E-state index in [1.165, 1.54) is 6.33 Å². The Hall–Kier alpha value is -3.14. The van der Waals surface area contributed by atoms with Crippen LogP contribution in [0.15, 0.2) is 65.3 Å². The first-order valence-electron chi connectivity index (χ1n) is 8.70. The van der Waals surface area contributed by atoms with Crippen LogP contribution in [0.5, 0.6) is 11.6 Å². The third kappa shape index (κ3) is 3.06. The first kappa shape index (κ1) is 16.3. The average molecular weight is 344 g/mol. The predicted molar refractivity (Wildman–Crippen MR) is 103 cm³/mol. The molecule has 4 rings (SSSR count). The van der Waals surface area contributed by atoms with Crippen molar-refractivity contribution in [1.29, 1.82) is 0 Å². The molecule has 2 aromatic carbocycles. The topological polar surface area (TPSA) is 48.2 Å². The zero-order valence-electron chi connectivity index (χ0n) is 15.1. The van der Waals surface area contributed by atoms with Crippen LogP contribution in [0.25, 0.3) is 22.4 Å². The molecular weight excluding hydrogens is 324 g/mol.